The van der Waals surface area contributed by atoms with Crippen LogP contribution in [-0.2, 0) is 4.74 Å². The van der Waals surface area contributed by atoms with Crippen LogP contribution in [0.15, 0.2) is 0 Å². The molecule has 9 nitrogen and oxygen atoms in total. The minimum absolute atomic E-state index is 0.324. The molecular weight excluding hydrogens is 274 g/mol. The van der Waals surface area contributed by atoms with E-state index in [1.165, 1.54) is 0 Å². The molecule has 1 aliphatic heterocycles. The van der Waals surface area contributed by atoms with Gasteiger partial charge in [0.15, 0.2) is 0 Å². The second-order valence-corrected chi connectivity index (χ2v) is 5.06. The maximum absolute atomic E-state index is 9.37. The van der Waals surface area contributed by atoms with Crippen LogP contribution >= 0.6 is 0 Å². The van der Waals surface area contributed by atoms with E-state index in [1.807, 2.05) is 16.8 Å². The number of anilines is 3. The normalized spacial score (nSPS) is 16.7. The summed E-state index contributed by atoms with van der Waals surface area (Å²) in [7, 11) is 1.88. The van der Waals surface area contributed by atoms with Crippen LogP contribution in [0.5, 0.6) is 0 Å². The second-order valence-electron chi connectivity index (χ2n) is 5.06. The standard InChI is InChI=1S/C12H23N7O2/c1-9(20)3-4-18(2)11-14-10(17-13)15-12(16-11)19-5-7-21-8-6-19/h9,20H,3-8,13H2,1-2H3,(H,14,15,16,17). The Kier molecular flexibility index (Phi) is 5.48. The Morgan fingerprint density at radius 3 is 2.71 bits per heavy atom. The fourth-order valence-corrected chi connectivity index (χ4v) is 1.97. The number of aliphatic hydroxyl groups is 1. The van der Waals surface area contributed by atoms with E-state index in [1.54, 1.807) is 6.92 Å². The molecule has 21 heavy (non-hydrogen) atoms. The summed E-state index contributed by atoms with van der Waals surface area (Å²) < 4.78 is 5.33. The molecule has 0 amide bonds. The third-order valence-corrected chi connectivity index (χ3v) is 3.26. The van der Waals surface area contributed by atoms with Crippen molar-refractivity contribution >= 4 is 17.8 Å². The number of aliphatic hydroxyl groups excluding tert-OH is 1. The van der Waals surface area contributed by atoms with Gasteiger partial charge in [-0.15, -0.1) is 0 Å². The number of aromatic nitrogens is 3. The SMILES string of the molecule is CC(O)CCN(C)c1nc(NN)nc(N2CCOCC2)n1. The van der Waals surface area contributed by atoms with Crippen LogP contribution in [0.3, 0.4) is 0 Å². The first-order chi connectivity index (χ1) is 10.1. The Morgan fingerprint density at radius 2 is 2.10 bits per heavy atom. The highest BCUT2D eigenvalue weighted by molar-refractivity contribution is 5.44. The molecule has 1 atom stereocenters. The Morgan fingerprint density at radius 1 is 1.38 bits per heavy atom. The quantitative estimate of drug-likeness (QED) is 0.459. The highest BCUT2D eigenvalue weighted by Crippen LogP contribution is 2.16. The number of nitrogens with one attached hydrogen (secondary N) is 1. The first-order valence-electron chi connectivity index (χ1n) is 7.04. The number of morpholine rings is 1. The number of hydrogen-bond acceptors (Lipinski definition) is 9. The average Bonchev–Trinajstić information content (AvgIpc) is 2.52. The van der Waals surface area contributed by atoms with Crippen LogP contribution in [0.4, 0.5) is 17.8 Å². The van der Waals surface area contributed by atoms with Crippen LogP contribution in [0.25, 0.3) is 0 Å². The van der Waals surface area contributed by atoms with Gasteiger partial charge in [0.1, 0.15) is 0 Å². The second kappa shape index (κ2) is 7.34. The van der Waals surface area contributed by atoms with Crippen molar-refractivity contribution in [3.8, 4) is 0 Å². The Labute approximate surface area is 124 Å². The first kappa shape index (κ1) is 15.7. The number of nitrogen functional groups attached to an aromatic ring is 1. The van der Waals surface area contributed by atoms with E-state index in [4.69, 9.17) is 10.6 Å². The highest BCUT2D eigenvalue weighted by atomic mass is 16.5. The van der Waals surface area contributed by atoms with Crippen molar-refractivity contribution in [3.05, 3.63) is 0 Å². The van der Waals surface area contributed by atoms with Crippen LogP contribution in [-0.4, -0.2) is 66.1 Å². The molecule has 4 N–H and O–H groups in total. The summed E-state index contributed by atoms with van der Waals surface area (Å²) in [6.45, 7) is 5.20. The molecule has 1 unspecified atom stereocenters. The molecule has 2 heterocycles. The third-order valence-electron chi connectivity index (χ3n) is 3.26. The molecule has 1 aromatic heterocycles. The van der Waals surface area contributed by atoms with Gasteiger partial charge in [0.05, 0.1) is 19.3 Å². The average molecular weight is 297 g/mol. The summed E-state index contributed by atoms with van der Waals surface area (Å²) in [5, 5.41) is 9.37. The molecular formula is C12H23N7O2. The van der Waals surface area contributed by atoms with Gasteiger partial charge in [-0.1, -0.05) is 0 Å². The number of hydrogen-bond donors (Lipinski definition) is 3. The number of nitrogens with zero attached hydrogens (tertiary/aromatic N) is 5. The van der Waals surface area contributed by atoms with Crippen LogP contribution < -0.4 is 21.1 Å². The molecule has 1 fully saturated rings. The van der Waals surface area contributed by atoms with Gasteiger partial charge in [-0.3, -0.25) is 5.43 Å². The molecule has 0 saturated carbocycles. The Hall–Kier alpha value is -1.71. The van der Waals surface area contributed by atoms with Crippen molar-refractivity contribution < 1.29 is 9.84 Å². The van der Waals surface area contributed by atoms with Gasteiger partial charge >= 0.3 is 0 Å². The zero-order valence-electron chi connectivity index (χ0n) is 12.5. The van der Waals surface area contributed by atoms with Crippen molar-refractivity contribution in [1.82, 2.24) is 15.0 Å². The summed E-state index contributed by atoms with van der Waals surface area (Å²) in [4.78, 5) is 16.9. The minimum Gasteiger partial charge on any atom is -0.393 e. The first-order valence-corrected chi connectivity index (χ1v) is 7.04. The minimum atomic E-state index is -0.361. The van der Waals surface area contributed by atoms with E-state index < -0.39 is 0 Å². The summed E-state index contributed by atoms with van der Waals surface area (Å²) in [5.74, 6) is 6.87. The van der Waals surface area contributed by atoms with Crippen LogP contribution in [0.1, 0.15) is 13.3 Å². The lowest BCUT2D eigenvalue weighted by Gasteiger charge is -2.28. The van der Waals surface area contributed by atoms with Crippen molar-refractivity contribution in [1.29, 1.82) is 0 Å². The maximum atomic E-state index is 9.37. The van der Waals surface area contributed by atoms with Gasteiger partial charge < -0.3 is 19.6 Å². The summed E-state index contributed by atoms with van der Waals surface area (Å²) in [5.41, 5.74) is 2.47. The largest absolute Gasteiger partial charge is 0.393 e. The molecule has 1 saturated heterocycles. The van der Waals surface area contributed by atoms with E-state index >= 15 is 0 Å². The molecule has 118 valence electrons. The predicted octanol–water partition coefficient (Wildman–Crippen LogP) is -0.799. The number of ether oxygens (including phenoxy) is 1. The van der Waals surface area contributed by atoms with E-state index in [2.05, 4.69) is 20.4 Å². The molecule has 2 rings (SSSR count). The van der Waals surface area contributed by atoms with Gasteiger partial charge in [0, 0.05) is 26.7 Å². The summed E-state index contributed by atoms with van der Waals surface area (Å²) in [6, 6.07) is 0. The lowest BCUT2D eigenvalue weighted by Crippen LogP contribution is -2.38. The van der Waals surface area contributed by atoms with Crippen molar-refractivity contribution in [2.24, 2.45) is 5.84 Å². The fourth-order valence-electron chi connectivity index (χ4n) is 1.97. The Bertz CT molecular complexity index is 451. The Balaban J connectivity index is 2.16. The predicted molar refractivity (Wildman–Crippen MR) is 80.2 cm³/mol. The molecule has 0 radical (unpaired) electrons. The van der Waals surface area contributed by atoms with Crippen molar-refractivity contribution in [2.75, 3.05) is 55.1 Å². The summed E-state index contributed by atoms with van der Waals surface area (Å²) >= 11 is 0. The van der Waals surface area contributed by atoms with Crippen molar-refractivity contribution in [3.63, 3.8) is 0 Å². The zero-order chi connectivity index (χ0) is 15.2. The number of rotatable bonds is 6. The van der Waals surface area contributed by atoms with Gasteiger partial charge in [-0.05, 0) is 13.3 Å². The topological polar surface area (TPSA) is 113 Å². The molecule has 1 aliphatic rings. The zero-order valence-corrected chi connectivity index (χ0v) is 12.5. The van der Waals surface area contributed by atoms with E-state index in [0.29, 0.717) is 44.0 Å². The van der Waals surface area contributed by atoms with Gasteiger partial charge in [0.25, 0.3) is 0 Å². The molecule has 9 heteroatoms. The lowest BCUT2D eigenvalue weighted by atomic mass is 10.3. The van der Waals surface area contributed by atoms with Crippen LogP contribution in [0, 0.1) is 0 Å². The number of hydrazine groups is 1. The molecule has 0 spiro atoms. The summed E-state index contributed by atoms with van der Waals surface area (Å²) in [6.07, 6.45) is 0.278. The van der Waals surface area contributed by atoms with Gasteiger partial charge in [-0.25, -0.2) is 5.84 Å². The van der Waals surface area contributed by atoms with Gasteiger partial charge in [0.2, 0.25) is 17.8 Å². The maximum Gasteiger partial charge on any atom is 0.243 e. The highest BCUT2D eigenvalue weighted by Gasteiger charge is 2.17. The van der Waals surface area contributed by atoms with Gasteiger partial charge in [-0.2, -0.15) is 15.0 Å². The fraction of sp³-hybridized carbons (Fsp3) is 0.750. The molecule has 0 aromatic carbocycles. The third kappa shape index (κ3) is 4.38. The van der Waals surface area contributed by atoms with E-state index in [9.17, 15) is 5.11 Å². The number of nitrogens with two attached hydrogens (primary N) is 1. The monoisotopic (exact) mass is 297 g/mol. The van der Waals surface area contributed by atoms with E-state index in [-0.39, 0.29) is 6.10 Å². The molecule has 0 bridgehead atoms. The smallest absolute Gasteiger partial charge is 0.243 e. The van der Waals surface area contributed by atoms with E-state index in [0.717, 1.165) is 13.1 Å². The molecule has 1 aromatic rings. The van der Waals surface area contributed by atoms with Crippen LogP contribution in [0.2, 0.25) is 0 Å². The lowest BCUT2D eigenvalue weighted by molar-refractivity contribution is 0.122. The van der Waals surface area contributed by atoms with Crippen molar-refractivity contribution in [2.45, 2.75) is 19.4 Å². The molecule has 0 aliphatic carbocycles.